The zero-order valence-corrected chi connectivity index (χ0v) is 14.3. The average molecular weight is 368 g/mol. The van der Waals surface area contributed by atoms with Gasteiger partial charge in [-0.15, -0.1) is 5.10 Å². The van der Waals surface area contributed by atoms with E-state index in [1.165, 1.54) is 0 Å². The Labute approximate surface area is 154 Å². The topological polar surface area (TPSA) is 88.9 Å². The van der Waals surface area contributed by atoms with Gasteiger partial charge in [0.2, 0.25) is 11.9 Å². The van der Waals surface area contributed by atoms with E-state index in [0.717, 1.165) is 5.56 Å². The van der Waals surface area contributed by atoms with E-state index >= 15 is 0 Å². The van der Waals surface area contributed by atoms with Crippen molar-refractivity contribution < 1.29 is 9.59 Å². The normalized spacial score (nSPS) is 15.9. The van der Waals surface area contributed by atoms with E-state index in [0.29, 0.717) is 16.5 Å². The third kappa shape index (κ3) is 3.16. The predicted octanol–water partition coefficient (Wildman–Crippen LogP) is 3.12. The number of rotatable bonds is 3. The Kier molecular flexibility index (Phi) is 4.14. The van der Waals surface area contributed by atoms with Crippen LogP contribution in [-0.2, 0) is 4.79 Å². The fourth-order valence-corrected chi connectivity index (χ4v) is 3.04. The van der Waals surface area contributed by atoms with E-state index in [2.05, 4.69) is 20.7 Å². The number of hydrogen-bond acceptors (Lipinski definition) is 4. The molecule has 0 spiro atoms. The van der Waals surface area contributed by atoms with Crippen LogP contribution in [-0.4, -0.2) is 26.6 Å². The van der Waals surface area contributed by atoms with Crippen LogP contribution in [0.5, 0.6) is 0 Å². The van der Waals surface area contributed by atoms with Crippen molar-refractivity contribution >= 4 is 35.3 Å². The monoisotopic (exact) mass is 367 g/mol. The highest BCUT2D eigenvalue weighted by atomic mass is 35.5. The summed E-state index contributed by atoms with van der Waals surface area (Å²) in [5, 5.41) is 10.1. The molecule has 0 fully saturated rings. The summed E-state index contributed by atoms with van der Waals surface area (Å²) in [6, 6.07) is 15.9. The van der Waals surface area contributed by atoms with Crippen LogP contribution in [0.1, 0.15) is 28.4 Å². The largest absolute Gasteiger partial charge is 0.295 e. The standard InChI is InChI=1S/C18H14ClN5O2/c19-13-8-4-7-12(9-13)16(26)21-17-22-18-20-15(25)10-14(24(18)23-17)11-5-2-1-3-6-11/h1-9,14H,10H2,(H2,20,21,22,23,25,26). The molecule has 26 heavy (non-hydrogen) atoms. The number of fused-ring (bicyclic) bond motifs is 1. The summed E-state index contributed by atoms with van der Waals surface area (Å²) in [4.78, 5) is 28.6. The quantitative estimate of drug-likeness (QED) is 0.744. The molecule has 2 heterocycles. The second-order valence-corrected chi connectivity index (χ2v) is 6.28. The second kappa shape index (κ2) is 6.61. The van der Waals surface area contributed by atoms with Gasteiger partial charge >= 0.3 is 0 Å². The van der Waals surface area contributed by atoms with E-state index in [-0.39, 0.29) is 30.2 Å². The highest BCUT2D eigenvalue weighted by molar-refractivity contribution is 6.31. The molecule has 0 aliphatic carbocycles. The maximum Gasteiger partial charge on any atom is 0.258 e. The van der Waals surface area contributed by atoms with Gasteiger partial charge in [-0.05, 0) is 23.8 Å². The molecule has 1 aliphatic rings. The Morgan fingerprint density at radius 1 is 1.19 bits per heavy atom. The van der Waals surface area contributed by atoms with E-state index in [1.807, 2.05) is 30.3 Å². The third-order valence-electron chi connectivity index (χ3n) is 4.05. The van der Waals surface area contributed by atoms with E-state index in [4.69, 9.17) is 11.6 Å². The molecule has 2 N–H and O–H groups in total. The molecule has 3 aromatic rings. The van der Waals surface area contributed by atoms with Gasteiger partial charge in [-0.25, -0.2) is 4.68 Å². The summed E-state index contributed by atoms with van der Waals surface area (Å²) in [7, 11) is 0. The molecular weight excluding hydrogens is 354 g/mol. The predicted molar refractivity (Wildman–Crippen MR) is 97.3 cm³/mol. The van der Waals surface area contributed by atoms with Crippen LogP contribution in [0.4, 0.5) is 11.9 Å². The van der Waals surface area contributed by atoms with Gasteiger partial charge in [0.15, 0.2) is 0 Å². The first kappa shape index (κ1) is 16.3. The first-order valence-electron chi connectivity index (χ1n) is 7.98. The van der Waals surface area contributed by atoms with Crippen LogP contribution in [0.15, 0.2) is 54.6 Å². The van der Waals surface area contributed by atoms with E-state index in [9.17, 15) is 9.59 Å². The molecule has 4 rings (SSSR count). The average Bonchev–Trinajstić information content (AvgIpc) is 3.03. The fourth-order valence-electron chi connectivity index (χ4n) is 2.85. The van der Waals surface area contributed by atoms with Crippen molar-refractivity contribution in [1.82, 2.24) is 14.8 Å². The van der Waals surface area contributed by atoms with Crippen molar-refractivity contribution in [3.8, 4) is 0 Å². The summed E-state index contributed by atoms with van der Waals surface area (Å²) in [5.41, 5.74) is 1.34. The molecule has 1 unspecified atom stereocenters. The minimum absolute atomic E-state index is 0.119. The van der Waals surface area contributed by atoms with Gasteiger partial charge in [0.05, 0.1) is 12.5 Å². The first-order valence-corrected chi connectivity index (χ1v) is 8.36. The number of benzene rings is 2. The Balaban J connectivity index is 1.63. The Morgan fingerprint density at radius 2 is 2.00 bits per heavy atom. The Morgan fingerprint density at radius 3 is 2.77 bits per heavy atom. The molecule has 2 aromatic carbocycles. The molecule has 0 bridgehead atoms. The molecule has 0 saturated heterocycles. The van der Waals surface area contributed by atoms with Crippen molar-refractivity contribution in [1.29, 1.82) is 0 Å². The minimum Gasteiger partial charge on any atom is -0.295 e. The van der Waals surface area contributed by atoms with Gasteiger partial charge in [0.25, 0.3) is 11.9 Å². The number of carbonyl (C=O) groups excluding carboxylic acids is 2. The van der Waals surface area contributed by atoms with E-state index in [1.54, 1.807) is 28.9 Å². The molecule has 0 saturated carbocycles. The number of amides is 2. The van der Waals surface area contributed by atoms with Crippen LogP contribution < -0.4 is 10.6 Å². The van der Waals surface area contributed by atoms with Crippen molar-refractivity contribution in [2.75, 3.05) is 10.6 Å². The van der Waals surface area contributed by atoms with Crippen LogP contribution in [0.2, 0.25) is 5.02 Å². The van der Waals surface area contributed by atoms with Gasteiger partial charge < -0.3 is 0 Å². The number of nitrogens with one attached hydrogen (secondary N) is 2. The number of aromatic nitrogens is 3. The lowest BCUT2D eigenvalue weighted by molar-refractivity contribution is -0.117. The van der Waals surface area contributed by atoms with Crippen LogP contribution in [0.3, 0.4) is 0 Å². The van der Waals surface area contributed by atoms with Gasteiger partial charge in [-0.3, -0.25) is 20.2 Å². The lowest BCUT2D eigenvalue weighted by Crippen LogP contribution is -2.29. The summed E-state index contributed by atoms with van der Waals surface area (Å²) >= 11 is 5.91. The van der Waals surface area contributed by atoms with Crippen LogP contribution >= 0.6 is 11.6 Å². The number of anilines is 2. The number of hydrogen-bond donors (Lipinski definition) is 2. The Hall–Kier alpha value is -3.19. The maximum atomic E-state index is 12.3. The zero-order chi connectivity index (χ0) is 18.1. The molecule has 1 aliphatic heterocycles. The van der Waals surface area contributed by atoms with Gasteiger partial charge in [-0.2, -0.15) is 4.98 Å². The maximum absolute atomic E-state index is 12.3. The number of nitrogens with zero attached hydrogens (tertiary/aromatic N) is 3. The van der Waals surface area contributed by atoms with E-state index < -0.39 is 0 Å². The Bertz CT molecular complexity index is 986. The summed E-state index contributed by atoms with van der Waals surface area (Å²) in [5.74, 6) is -0.103. The zero-order valence-electron chi connectivity index (χ0n) is 13.5. The van der Waals surface area contributed by atoms with Gasteiger partial charge in [-0.1, -0.05) is 48.0 Å². The van der Waals surface area contributed by atoms with Gasteiger partial charge in [0, 0.05) is 10.6 Å². The minimum atomic E-state index is -0.377. The number of carbonyl (C=O) groups is 2. The second-order valence-electron chi connectivity index (χ2n) is 5.85. The molecule has 2 amide bonds. The van der Waals surface area contributed by atoms with Crippen molar-refractivity contribution in [3.63, 3.8) is 0 Å². The highest BCUT2D eigenvalue weighted by Gasteiger charge is 2.29. The van der Waals surface area contributed by atoms with Crippen molar-refractivity contribution in [3.05, 3.63) is 70.7 Å². The first-order chi connectivity index (χ1) is 12.6. The van der Waals surface area contributed by atoms with Crippen molar-refractivity contribution in [2.24, 2.45) is 0 Å². The molecule has 1 atom stereocenters. The molecule has 8 heteroatoms. The lowest BCUT2D eigenvalue weighted by Gasteiger charge is -2.23. The lowest BCUT2D eigenvalue weighted by atomic mass is 10.0. The summed E-state index contributed by atoms with van der Waals surface area (Å²) in [6.07, 6.45) is 0.252. The van der Waals surface area contributed by atoms with Gasteiger partial charge in [0.1, 0.15) is 0 Å². The molecule has 0 radical (unpaired) electrons. The molecule has 130 valence electrons. The molecule has 7 nitrogen and oxygen atoms in total. The highest BCUT2D eigenvalue weighted by Crippen LogP contribution is 2.29. The smallest absolute Gasteiger partial charge is 0.258 e. The number of halogens is 1. The summed E-state index contributed by atoms with van der Waals surface area (Å²) in [6.45, 7) is 0. The molecule has 1 aromatic heterocycles. The van der Waals surface area contributed by atoms with Crippen molar-refractivity contribution in [2.45, 2.75) is 12.5 Å². The third-order valence-corrected chi connectivity index (χ3v) is 4.29. The molecular formula is C18H14ClN5O2. The summed E-state index contributed by atoms with van der Waals surface area (Å²) < 4.78 is 1.62. The fraction of sp³-hybridized carbons (Fsp3) is 0.111. The van der Waals surface area contributed by atoms with Crippen LogP contribution in [0.25, 0.3) is 0 Å². The SMILES string of the molecule is O=C1CC(c2ccccc2)n2nc(NC(=O)c3cccc(Cl)c3)nc2N1. The van der Waals surface area contributed by atoms with Crippen LogP contribution in [0, 0.1) is 0 Å².